The Morgan fingerprint density at radius 2 is 2.07 bits per heavy atom. The summed E-state index contributed by atoms with van der Waals surface area (Å²) in [4.78, 5) is 8.23. The van der Waals surface area contributed by atoms with Crippen molar-refractivity contribution >= 4 is 21.1 Å². The van der Waals surface area contributed by atoms with Gasteiger partial charge >= 0.3 is 0 Å². The fraction of sp³-hybridized carbons (Fsp3) is 0.500. The van der Waals surface area contributed by atoms with Crippen molar-refractivity contribution in [1.29, 1.82) is 0 Å². The first-order valence-corrected chi connectivity index (χ1v) is 10.1. The number of aryl methyl sites for hydroxylation is 2. The molecule has 1 unspecified atom stereocenters. The van der Waals surface area contributed by atoms with E-state index in [1.165, 1.54) is 16.6 Å². The van der Waals surface area contributed by atoms with Crippen molar-refractivity contribution in [3.63, 3.8) is 0 Å². The molecule has 144 valence electrons. The first kappa shape index (κ1) is 18.0. The maximum absolute atomic E-state index is 13.0. The number of pyridine rings is 1. The molecule has 3 aromatic rings. The van der Waals surface area contributed by atoms with E-state index in [1.807, 2.05) is 13.8 Å². The maximum atomic E-state index is 13.0. The van der Waals surface area contributed by atoms with Gasteiger partial charge in [-0.2, -0.15) is 9.29 Å². The lowest BCUT2D eigenvalue weighted by atomic mass is 10.0. The molecule has 0 radical (unpaired) electrons. The third kappa shape index (κ3) is 2.91. The van der Waals surface area contributed by atoms with Gasteiger partial charge in [0.05, 0.1) is 23.8 Å². The van der Waals surface area contributed by atoms with Gasteiger partial charge in [0.2, 0.25) is 10.0 Å². The van der Waals surface area contributed by atoms with E-state index in [-0.39, 0.29) is 30.3 Å². The Hall–Kier alpha value is -2.37. The molecule has 1 N–H and O–H groups in total. The summed E-state index contributed by atoms with van der Waals surface area (Å²) in [7, 11) is -3.86. The van der Waals surface area contributed by atoms with Crippen LogP contribution in [0.3, 0.4) is 0 Å². The lowest BCUT2D eigenvalue weighted by molar-refractivity contribution is 0.0194. The number of fused-ring (bicyclic) bond motifs is 1. The number of rotatable bonds is 5. The van der Waals surface area contributed by atoms with E-state index in [9.17, 15) is 13.5 Å². The molecule has 0 bridgehead atoms. The summed E-state index contributed by atoms with van der Waals surface area (Å²) in [5.74, 6) is 0.506. The predicted octanol–water partition coefficient (Wildman–Crippen LogP) is 1.01. The highest BCUT2D eigenvalue weighted by Gasteiger charge is 2.46. The molecule has 27 heavy (non-hydrogen) atoms. The second-order valence-electron chi connectivity index (χ2n) is 6.50. The van der Waals surface area contributed by atoms with Crippen LogP contribution in [0.5, 0.6) is 0 Å². The molecular weight excluding hydrogens is 374 g/mol. The monoisotopic (exact) mass is 393 g/mol. The van der Waals surface area contributed by atoms with E-state index in [4.69, 9.17) is 9.05 Å². The fourth-order valence-electron chi connectivity index (χ4n) is 3.13. The zero-order valence-corrected chi connectivity index (χ0v) is 15.7. The van der Waals surface area contributed by atoms with Gasteiger partial charge < -0.3 is 14.2 Å². The largest absolute Gasteiger partial charge is 0.379 e. The van der Waals surface area contributed by atoms with Crippen LogP contribution < -0.4 is 0 Å². The second kappa shape index (κ2) is 6.36. The Morgan fingerprint density at radius 3 is 2.78 bits per heavy atom. The van der Waals surface area contributed by atoms with Crippen molar-refractivity contribution in [3.05, 3.63) is 29.7 Å². The third-order valence-corrected chi connectivity index (χ3v) is 6.56. The van der Waals surface area contributed by atoms with Gasteiger partial charge in [-0.05, 0) is 12.5 Å². The Labute approximate surface area is 155 Å². The van der Waals surface area contributed by atoms with Gasteiger partial charge in [-0.15, -0.1) is 0 Å². The van der Waals surface area contributed by atoms with Gasteiger partial charge in [0.1, 0.15) is 4.90 Å². The minimum atomic E-state index is -3.86. The minimum absolute atomic E-state index is 0.0249. The van der Waals surface area contributed by atoms with Crippen LogP contribution in [0.25, 0.3) is 11.1 Å². The van der Waals surface area contributed by atoms with Crippen LogP contribution in [-0.2, 0) is 28.5 Å². The quantitative estimate of drug-likeness (QED) is 0.673. The van der Waals surface area contributed by atoms with Crippen LogP contribution in [0.15, 0.2) is 26.2 Å². The van der Waals surface area contributed by atoms with E-state index in [0.29, 0.717) is 35.5 Å². The number of sulfonamides is 1. The minimum Gasteiger partial charge on any atom is -0.379 e. The Balaban J connectivity index is 1.65. The van der Waals surface area contributed by atoms with Gasteiger partial charge in [0, 0.05) is 19.4 Å². The standard InChI is InChI=1S/C16H19N5O5S/c1-3-12-11-7-10(8-17-14(11)25-19-12)27(23,24)21-6-5-16(22,9-21)15-18-13(4-2)20-26-15/h7-8,22H,3-6,9H2,1-2H3. The van der Waals surface area contributed by atoms with Crippen molar-refractivity contribution in [3.8, 4) is 0 Å². The molecule has 11 heteroatoms. The summed E-state index contributed by atoms with van der Waals surface area (Å²) < 4.78 is 37.5. The van der Waals surface area contributed by atoms with Crippen LogP contribution in [0, 0.1) is 0 Å². The number of nitrogens with zero attached hydrogens (tertiary/aromatic N) is 5. The lowest BCUT2D eigenvalue weighted by Crippen LogP contribution is -2.34. The van der Waals surface area contributed by atoms with E-state index in [1.54, 1.807) is 0 Å². The van der Waals surface area contributed by atoms with Gasteiger partial charge in [0.15, 0.2) is 11.4 Å². The zero-order valence-electron chi connectivity index (χ0n) is 14.9. The molecule has 4 rings (SSSR count). The fourth-order valence-corrected chi connectivity index (χ4v) is 4.60. The molecule has 4 heterocycles. The van der Waals surface area contributed by atoms with Gasteiger partial charge in [-0.25, -0.2) is 13.4 Å². The Kier molecular flexibility index (Phi) is 4.24. The molecule has 3 aromatic heterocycles. The molecule has 0 saturated carbocycles. The summed E-state index contributed by atoms with van der Waals surface area (Å²) in [5.41, 5.74) is -0.566. The lowest BCUT2D eigenvalue weighted by Gasteiger charge is -2.19. The molecule has 1 aliphatic rings. The molecule has 0 aromatic carbocycles. The summed E-state index contributed by atoms with van der Waals surface area (Å²) in [5, 5.41) is 19.1. The number of β-amino-alcohol motifs (C(OH)–C–C–N with tert-alkyl or cyclic N) is 1. The molecule has 0 spiro atoms. The van der Waals surface area contributed by atoms with Crippen molar-refractivity contribution in [2.45, 2.75) is 43.6 Å². The van der Waals surface area contributed by atoms with E-state index < -0.39 is 15.6 Å². The molecule has 1 fully saturated rings. The first-order chi connectivity index (χ1) is 12.9. The van der Waals surface area contributed by atoms with Crippen LogP contribution in [-0.4, -0.2) is 51.2 Å². The summed E-state index contributed by atoms with van der Waals surface area (Å²) in [6, 6.07) is 1.51. The highest BCUT2D eigenvalue weighted by atomic mass is 32.2. The summed E-state index contributed by atoms with van der Waals surface area (Å²) in [6.45, 7) is 3.73. The molecule has 1 atom stereocenters. The first-order valence-electron chi connectivity index (χ1n) is 8.67. The number of hydrogen-bond donors (Lipinski definition) is 1. The van der Waals surface area contributed by atoms with Gasteiger partial charge in [-0.1, -0.05) is 24.2 Å². The molecule has 1 saturated heterocycles. The molecule has 10 nitrogen and oxygen atoms in total. The zero-order chi connectivity index (χ0) is 19.2. The molecule has 0 aliphatic carbocycles. The van der Waals surface area contributed by atoms with Gasteiger partial charge in [-0.3, -0.25) is 0 Å². The molecular formula is C16H19N5O5S. The summed E-state index contributed by atoms with van der Waals surface area (Å²) in [6.07, 6.45) is 2.56. The Bertz CT molecular complexity index is 1090. The number of aliphatic hydroxyl groups is 1. The topological polar surface area (TPSA) is 135 Å². The number of hydrogen-bond acceptors (Lipinski definition) is 9. The normalized spacial score (nSPS) is 21.3. The van der Waals surface area contributed by atoms with E-state index in [0.717, 1.165) is 0 Å². The third-order valence-electron chi connectivity index (χ3n) is 4.75. The summed E-state index contributed by atoms with van der Waals surface area (Å²) >= 11 is 0. The second-order valence-corrected chi connectivity index (χ2v) is 8.43. The average Bonchev–Trinajstić information content (AvgIpc) is 3.39. The average molecular weight is 393 g/mol. The van der Waals surface area contributed by atoms with Gasteiger partial charge in [0.25, 0.3) is 11.6 Å². The van der Waals surface area contributed by atoms with Crippen molar-refractivity contribution < 1.29 is 22.6 Å². The highest BCUT2D eigenvalue weighted by molar-refractivity contribution is 7.89. The highest BCUT2D eigenvalue weighted by Crippen LogP contribution is 2.34. The van der Waals surface area contributed by atoms with E-state index >= 15 is 0 Å². The molecule has 1 aliphatic heterocycles. The van der Waals surface area contributed by atoms with Crippen LogP contribution >= 0.6 is 0 Å². The van der Waals surface area contributed by atoms with Crippen molar-refractivity contribution in [2.75, 3.05) is 13.1 Å². The van der Waals surface area contributed by atoms with Crippen molar-refractivity contribution in [1.82, 2.24) is 24.6 Å². The maximum Gasteiger partial charge on any atom is 0.260 e. The smallest absolute Gasteiger partial charge is 0.260 e. The van der Waals surface area contributed by atoms with Crippen LogP contribution in [0.4, 0.5) is 0 Å². The van der Waals surface area contributed by atoms with E-state index in [2.05, 4.69) is 20.3 Å². The number of aromatic nitrogens is 4. The van der Waals surface area contributed by atoms with Crippen molar-refractivity contribution in [2.24, 2.45) is 0 Å². The van der Waals surface area contributed by atoms with Crippen LogP contribution in [0.1, 0.15) is 37.7 Å². The predicted molar refractivity (Wildman–Crippen MR) is 92.1 cm³/mol. The Morgan fingerprint density at radius 1 is 1.26 bits per heavy atom. The molecule has 0 amide bonds. The SMILES string of the molecule is CCc1noc(C2(O)CCN(S(=O)(=O)c3cnc4onc(CC)c4c3)C2)n1. The van der Waals surface area contributed by atoms with Crippen LogP contribution in [0.2, 0.25) is 0 Å².